The van der Waals surface area contributed by atoms with Crippen molar-refractivity contribution in [2.75, 3.05) is 0 Å². The molecule has 2 aromatic heterocycles. The molecular formula is C27H29N5O3. The number of aryl methyl sites for hydroxylation is 2. The molecule has 1 saturated heterocycles. The van der Waals surface area contributed by atoms with Crippen molar-refractivity contribution in [3.8, 4) is 0 Å². The molecule has 3 aliphatic rings. The van der Waals surface area contributed by atoms with Crippen LogP contribution in [0.1, 0.15) is 59.3 Å². The number of piperidine rings is 1. The maximum Gasteiger partial charge on any atom is 0.245 e. The zero-order valence-electron chi connectivity index (χ0n) is 20.2. The summed E-state index contributed by atoms with van der Waals surface area (Å²) in [7, 11) is 0. The molecule has 1 aliphatic heterocycles. The lowest BCUT2D eigenvalue weighted by atomic mass is 10.0. The number of likely N-dealkylation sites (tertiary alicyclic amines) is 1. The third-order valence-electron chi connectivity index (χ3n) is 7.94. The van der Waals surface area contributed by atoms with Gasteiger partial charge in [0.15, 0.2) is 5.78 Å². The molecule has 3 fully saturated rings. The summed E-state index contributed by atoms with van der Waals surface area (Å²) in [5.74, 6) is 0.383. The molecule has 180 valence electrons. The summed E-state index contributed by atoms with van der Waals surface area (Å²) < 4.78 is 1.54. The van der Waals surface area contributed by atoms with Crippen molar-refractivity contribution in [3.63, 3.8) is 0 Å². The fraction of sp³-hybridized carbons (Fsp3) is 0.444. The van der Waals surface area contributed by atoms with Crippen LogP contribution in [0.2, 0.25) is 0 Å². The van der Waals surface area contributed by atoms with Gasteiger partial charge in [-0.3, -0.25) is 24.0 Å². The van der Waals surface area contributed by atoms with E-state index in [1.807, 2.05) is 0 Å². The summed E-state index contributed by atoms with van der Waals surface area (Å²) in [6, 6.07) is 8.05. The molecular weight excluding hydrogens is 442 g/mol. The Morgan fingerprint density at radius 3 is 2.69 bits per heavy atom. The topological polar surface area (TPSA) is 97.2 Å². The summed E-state index contributed by atoms with van der Waals surface area (Å²) >= 11 is 0. The average Bonchev–Trinajstić information content (AvgIpc) is 3.71. The molecule has 1 N–H and O–H groups in total. The van der Waals surface area contributed by atoms with Gasteiger partial charge in [-0.15, -0.1) is 0 Å². The van der Waals surface area contributed by atoms with E-state index in [0.29, 0.717) is 34.9 Å². The normalized spacial score (nSPS) is 26.5. The first-order valence-electron chi connectivity index (χ1n) is 12.3. The Morgan fingerprint density at radius 1 is 1.09 bits per heavy atom. The van der Waals surface area contributed by atoms with Gasteiger partial charge in [0.25, 0.3) is 0 Å². The average molecular weight is 472 g/mol. The van der Waals surface area contributed by atoms with E-state index in [1.165, 1.54) is 23.6 Å². The van der Waals surface area contributed by atoms with Crippen LogP contribution in [0.4, 0.5) is 0 Å². The zero-order valence-corrected chi connectivity index (χ0v) is 20.2. The molecule has 5 atom stereocenters. The molecule has 2 saturated carbocycles. The molecule has 35 heavy (non-hydrogen) atoms. The van der Waals surface area contributed by atoms with Gasteiger partial charge in [-0.05, 0) is 61.8 Å². The lowest BCUT2D eigenvalue weighted by Gasteiger charge is -2.27. The molecule has 6 rings (SSSR count). The van der Waals surface area contributed by atoms with Gasteiger partial charge >= 0.3 is 0 Å². The van der Waals surface area contributed by atoms with E-state index >= 15 is 0 Å². The zero-order chi connectivity index (χ0) is 24.4. The third-order valence-corrected chi connectivity index (χ3v) is 7.94. The van der Waals surface area contributed by atoms with Crippen LogP contribution in [0, 0.1) is 19.8 Å². The number of amides is 2. The van der Waals surface area contributed by atoms with Gasteiger partial charge in [0, 0.05) is 36.5 Å². The maximum atomic E-state index is 13.4. The van der Waals surface area contributed by atoms with Crippen molar-refractivity contribution in [2.45, 2.75) is 70.6 Å². The minimum atomic E-state index is -0.445. The number of hydrogen-bond donors (Lipinski definition) is 1. The van der Waals surface area contributed by atoms with Crippen LogP contribution < -0.4 is 5.32 Å². The Morgan fingerprint density at radius 2 is 1.91 bits per heavy atom. The number of carbonyl (C=O) groups excluding carboxylic acids is 3. The van der Waals surface area contributed by atoms with Crippen molar-refractivity contribution in [2.24, 2.45) is 5.92 Å². The van der Waals surface area contributed by atoms with E-state index in [1.54, 1.807) is 28.0 Å². The predicted octanol–water partition coefficient (Wildman–Crippen LogP) is 2.91. The highest BCUT2D eigenvalue weighted by Crippen LogP contribution is 2.48. The Kier molecular flexibility index (Phi) is 5.02. The van der Waals surface area contributed by atoms with E-state index in [4.69, 9.17) is 0 Å². The number of Topliss-reactive ketones (excluding diaryl/α,β-unsaturated/α-hetero) is 1. The van der Waals surface area contributed by atoms with Gasteiger partial charge in [-0.25, -0.2) is 0 Å². The first kappa shape index (κ1) is 21.9. The first-order chi connectivity index (χ1) is 16.8. The summed E-state index contributed by atoms with van der Waals surface area (Å²) in [5.41, 5.74) is 4.78. The molecule has 2 amide bonds. The van der Waals surface area contributed by atoms with Crippen LogP contribution in [0.5, 0.6) is 0 Å². The van der Waals surface area contributed by atoms with Crippen molar-refractivity contribution in [1.82, 2.24) is 25.0 Å². The number of fused-ring (bicyclic) bond motifs is 2. The second kappa shape index (κ2) is 8.00. The molecule has 0 bridgehead atoms. The minimum absolute atomic E-state index is 0.0167. The standard InChI is InChI=1S/C27H29N5O3/c1-14-4-5-17(8-15(14)2)20-11-21(20)29-27(35)23-10-18-9-22(18)32(23)25(34)13-31-24-12-28-7-6-19(24)26(30-31)16(3)33/h4-8,12,18,20-23H,9-11,13H2,1-3H3,(H,29,35)/t18-,20?,21-,22-,23+/m1/s1. The van der Waals surface area contributed by atoms with Crippen LogP contribution in [-0.4, -0.2) is 55.4 Å². The monoisotopic (exact) mass is 471 g/mol. The number of rotatable bonds is 6. The second-order valence-electron chi connectivity index (χ2n) is 10.4. The highest BCUT2D eigenvalue weighted by Gasteiger charge is 2.56. The van der Waals surface area contributed by atoms with Crippen LogP contribution in [0.3, 0.4) is 0 Å². The van der Waals surface area contributed by atoms with Gasteiger partial charge in [-0.2, -0.15) is 5.10 Å². The third kappa shape index (κ3) is 3.81. The minimum Gasteiger partial charge on any atom is -0.351 e. The maximum absolute atomic E-state index is 13.4. The molecule has 0 radical (unpaired) electrons. The number of nitrogens with one attached hydrogen (secondary N) is 1. The van der Waals surface area contributed by atoms with Crippen molar-refractivity contribution >= 4 is 28.5 Å². The predicted molar refractivity (Wildman–Crippen MR) is 130 cm³/mol. The number of hydrogen-bond acceptors (Lipinski definition) is 5. The lowest BCUT2D eigenvalue weighted by molar-refractivity contribution is -0.140. The summed E-state index contributed by atoms with van der Waals surface area (Å²) in [6.45, 7) is 5.66. The fourth-order valence-corrected chi connectivity index (χ4v) is 5.66. The molecule has 3 heterocycles. The van der Waals surface area contributed by atoms with Crippen molar-refractivity contribution in [1.29, 1.82) is 0 Å². The van der Waals surface area contributed by atoms with Gasteiger partial charge < -0.3 is 10.2 Å². The molecule has 1 aromatic carbocycles. The van der Waals surface area contributed by atoms with Crippen molar-refractivity contribution in [3.05, 3.63) is 59.0 Å². The van der Waals surface area contributed by atoms with Crippen LogP contribution in [-0.2, 0) is 16.1 Å². The summed E-state index contributed by atoms with van der Waals surface area (Å²) in [5, 5.41) is 8.30. The number of ketones is 1. The molecule has 8 heteroatoms. The Bertz CT molecular complexity index is 1380. The van der Waals surface area contributed by atoms with Crippen LogP contribution in [0.25, 0.3) is 10.9 Å². The van der Waals surface area contributed by atoms with E-state index < -0.39 is 6.04 Å². The Hall–Kier alpha value is -3.55. The van der Waals surface area contributed by atoms with Gasteiger partial charge in [0.05, 0.1) is 11.7 Å². The van der Waals surface area contributed by atoms with E-state index in [0.717, 1.165) is 12.8 Å². The Labute approximate surface area is 203 Å². The number of nitrogens with zero attached hydrogens (tertiary/aromatic N) is 4. The lowest BCUT2D eigenvalue weighted by Crippen LogP contribution is -2.49. The summed E-state index contributed by atoms with van der Waals surface area (Å²) in [6.07, 6.45) is 5.83. The van der Waals surface area contributed by atoms with Crippen LogP contribution in [0.15, 0.2) is 36.7 Å². The molecule has 1 unspecified atom stereocenters. The smallest absolute Gasteiger partial charge is 0.245 e. The highest BCUT2D eigenvalue weighted by molar-refractivity contribution is 6.04. The quantitative estimate of drug-likeness (QED) is 0.558. The largest absolute Gasteiger partial charge is 0.351 e. The fourth-order valence-electron chi connectivity index (χ4n) is 5.66. The number of carbonyl (C=O) groups is 3. The molecule has 3 aromatic rings. The van der Waals surface area contributed by atoms with Gasteiger partial charge in [-0.1, -0.05) is 18.2 Å². The molecule has 2 aliphatic carbocycles. The number of benzene rings is 1. The van der Waals surface area contributed by atoms with E-state index in [2.05, 4.69) is 47.4 Å². The second-order valence-corrected chi connectivity index (χ2v) is 10.4. The SMILES string of the molecule is CC(=O)c1nn(CC(=O)N2[C@@H]3C[C@@H]3C[C@H]2C(=O)N[C@@H]2CC2c2ccc(C)c(C)c2)c2cnccc12. The number of aromatic nitrogens is 3. The van der Waals surface area contributed by atoms with Crippen molar-refractivity contribution < 1.29 is 14.4 Å². The van der Waals surface area contributed by atoms with Crippen LogP contribution >= 0.6 is 0 Å². The molecule has 0 spiro atoms. The highest BCUT2D eigenvalue weighted by atomic mass is 16.2. The van der Waals surface area contributed by atoms with Gasteiger partial charge in [0.2, 0.25) is 11.8 Å². The summed E-state index contributed by atoms with van der Waals surface area (Å²) in [4.78, 5) is 44.6. The van der Waals surface area contributed by atoms with E-state index in [9.17, 15) is 14.4 Å². The Balaban J connectivity index is 1.16. The van der Waals surface area contributed by atoms with E-state index in [-0.39, 0.29) is 36.2 Å². The first-order valence-corrected chi connectivity index (χ1v) is 12.3. The molecule has 8 nitrogen and oxygen atoms in total. The van der Waals surface area contributed by atoms with Gasteiger partial charge in [0.1, 0.15) is 18.3 Å². The number of pyridine rings is 1.